The van der Waals surface area contributed by atoms with E-state index in [4.69, 9.17) is 9.47 Å². The highest BCUT2D eigenvalue weighted by Crippen LogP contribution is 2.36. The van der Waals surface area contributed by atoms with E-state index in [-0.39, 0.29) is 23.7 Å². The van der Waals surface area contributed by atoms with Crippen molar-refractivity contribution in [1.82, 2.24) is 5.32 Å². The number of carbonyl (C=O) groups excluding carboxylic acids is 1. The molecule has 1 unspecified atom stereocenters. The number of nitrogens with one attached hydrogen (secondary N) is 1. The Labute approximate surface area is 170 Å². The molecule has 1 aliphatic carbocycles. The summed E-state index contributed by atoms with van der Waals surface area (Å²) in [5.74, 6) is 1.31. The standard InChI is InChI=1S/C24H26FNO3/c1-28-22-11-8-17(14-23(22)29-21-4-2-3-5-21)19-13-18(24(27)26-15-19)12-16-6-9-20(25)10-7-16/h6-12,14,19,21H,2-5,13,15H2,1H3,(H,26,27). The van der Waals surface area contributed by atoms with Crippen LogP contribution in [0.5, 0.6) is 11.5 Å². The van der Waals surface area contributed by atoms with Gasteiger partial charge in [0.15, 0.2) is 11.5 Å². The lowest BCUT2D eigenvalue weighted by atomic mass is 9.87. The zero-order valence-corrected chi connectivity index (χ0v) is 16.6. The Morgan fingerprint density at radius 2 is 1.83 bits per heavy atom. The maximum Gasteiger partial charge on any atom is 0.247 e. The van der Waals surface area contributed by atoms with E-state index in [1.54, 1.807) is 19.2 Å². The Morgan fingerprint density at radius 1 is 1.07 bits per heavy atom. The number of piperidine rings is 1. The van der Waals surface area contributed by atoms with E-state index < -0.39 is 0 Å². The van der Waals surface area contributed by atoms with Crippen molar-refractivity contribution < 1.29 is 18.7 Å². The van der Waals surface area contributed by atoms with E-state index in [1.165, 1.54) is 25.0 Å². The molecule has 1 aliphatic heterocycles. The molecule has 2 aromatic rings. The van der Waals surface area contributed by atoms with Gasteiger partial charge in [0.25, 0.3) is 0 Å². The summed E-state index contributed by atoms with van der Waals surface area (Å²) in [5.41, 5.74) is 2.63. The van der Waals surface area contributed by atoms with Crippen LogP contribution in [-0.2, 0) is 4.79 Å². The average Bonchev–Trinajstić information content (AvgIpc) is 3.24. The quantitative estimate of drug-likeness (QED) is 0.737. The maximum atomic E-state index is 13.1. The van der Waals surface area contributed by atoms with Crippen molar-refractivity contribution in [3.63, 3.8) is 0 Å². The van der Waals surface area contributed by atoms with E-state index >= 15 is 0 Å². The van der Waals surface area contributed by atoms with Gasteiger partial charge in [0, 0.05) is 18.0 Å². The fourth-order valence-electron chi connectivity index (χ4n) is 4.11. The monoisotopic (exact) mass is 395 g/mol. The molecule has 29 heavy (non-hydrogen) atoms. The van der Waals surface area contributed by atoms with Gasteiger partial charge in [0.2, 0.25) is 5.91 Å². The molecule has 1 heterocycles. The largest absolute Gasteiger partial charge is 0.493 e. The van der Waals surface area contributed by atoms with Gasteiger partial charge < -0.3 is 14.8 Å². The molecular formula is C24H26FNO3. The molecule has 2 fully saturated rings. The highest BCUT2D eigenvalue weighted by Gasteiger charge is 2.26. The topological polar surface area (TPSA) is 47.6 Å². The predicted molar refractivity (Wildman–Crippen MR) is 111 cm³/mol. The Kier molecular flexibility index (Phi) is 5.84. The zero-order chi connectivity index (χ0) is 20.2. The van der Waals surface area contributed by atoms with Gasteiger partial charge in [-0.25, -0.2) is 4.39 Å². The van der Waals surface area contributed by atoms with Crippen molar-refractivity contribution in [2.75, 3.05) is 13.7 Å². The number of carbonyl (C=O) groups is 1. The molecule has 0 bridgehead atoms. The number of benzene rings is 2. The normalized spacial score (nSPS) is 21.2. The number of hydrogen-bond acceptors (Lipinski definition) is 3. The van der Waals surface area contributed by atoms with Crippen LogP contribution in [0.1, 0.15) is 49.1 Å². The summed E-state index contributed by atoms with van der Waals surface area (Å²) in [7, 11) is 1.65. The SMILES string of the molecule is COc1ccc(C2CNC(=O)C(=Cc3ccc(F)cc3)C2)cc1OC1CCCC1. The predicted octanol–water partition coefficient (Wildman–Crippen LogP) is 4.84. The Balaban J connectivity index is 1.55. The first-order valence-corrected chi connectivity index (χ1v) is 10.2. The van der Waals surface area contributed by atoms with Gasteiger partial charge in [0.1, 0.15) is 5.82 Å². The minimum absolute atomic E-state index is 0.0680. The summed E-state index contributed by atoms with van der Waals surface area (Å²) in [5, 5.41) is 2.98. The second-order valence-corrected chi connectivity index (χ2v) is 7.77. The minimum Gasteiger partial charge on any atom is -0.493 e. The van der Waals surface area contributed by atoms with Gasteiger partial charge in [-0.05, 0) is 73.6 Å². The molecular weight excluding hydrogens is 369 g/mol. The summed E-state index contributed by atoms with van der Waals surface area (Å²) in [4.78, 5) is 12.3. The van der Waals surface area contributed by atoms with Gasteiger partial charge in [-0.2, -0.15) is 0 Å². The van der Waals surface area contributed by atoms with Crippen molar-refractivity contribution in [3.05, 3.63) is 65.0 Å². The van der Waals surface area contributed by atoms with Crippen LogP contribution in [-0.4, -0.2) is 25.7 Å². The summed E-state index contributed by atoms with van der Waals surface area (Å²) in [6.07, 6.45) is 7.28. The number of amides is 1. The fraction of sp³-hybridized carbons (Fsp3) is 0.375. The first-order valence-electron chi connectivity index (χ1n) is 10.2. The number of halogens is 1. The first kappa shape index (κ1) is 19.5. The number of hydrogen-bond donors (Lipinski definition) is 1. The summed E-state index contributed by atoms with van der Waals surface area (Å²) in [6, 6.07) is 12.2. The van der Waals surface area contributed by atoms with Crippen LogP contribution in [0.3, 0.4) is 0 Å². The van der Waals surface area contributed by atoms with Crippen LogP contribution >= 0.6 is 0 Å². The molecule has 2 aromatic carbocycles. The second kappa shape index (κ2) is 8.68. The molecule has 1 saturated heterocycles. The summed E-state index contributed by atoms with van der Waals surface area (Å²) in [6.45, 7) is 0.578. The molecule has 0 spiro atoms. The van der Waals surface area contributed by atoms with Crippen molar-refractivity contribution in [3.8, 4) is 11.5 Å². The molecule has 1 atom stereocenters. The van der Waals surface area contributed by atoms with Crippen LogP contribution in [0, 0.1) is 5.82 Å². The van der Waals surface area contributed by atoms with Crippen molar-refractivity contribution in [2.24, 2.45) is 0 Å². The van der Waals surface area contributed by atoms with Gasteiger partial charge in [-0.3, -0.25) is 4.79 Å². The molecule has 0 aromatic heterocycles. The van der Waals surface area contributed by atoms with Crippen LogP contribution < -0.4 is 14.8 Å². The molecule has 0 radical (unpaired) electrons. The van der Waals surface area contributed by atoms with E-state index in [1.807, 2.05) is 18.2 Å². The summed E-state index contributed by atoms with van der Waals surface area (Å²) < 4.78 is 24.9. The zero-order valence-electron chi connectivity index (χ0n) is 16.6. The third-order valence-corrected chi connectivity index (χ3v) is 5.73. The van der Waals surface area contributed by atoms with Crippen molar-refractivity contribution in [1.29, 1.82) is 0 Å². The minimum atomic E-state index is -0.286. The summed E-state index contributed by atoms with van der Waals surface area (Å²) >= 11 is 0. The fourth-order valence-corrected chi connectivity index (χ4v) is 4.11. The third kappa shape index (κ3) is 4.61. The highest BCUT2D eigenvalue weighted by molar-refractivity contribution is 5.98. The van der Waals surface area contributed by atoms with Crippen LogP contribution in [0.25, 0.3) is 6.08 Å². The van der Waals surface area contributed by atoms with Gasteiger partial charge in [0.05, 0.1) is 13.2 Å². The second-order valence-electron chi connectivity index (χ2n) is 7.77. The lowest BCUT2D eigenvalue weighted by Crippen LogP contribution is -2.35. The molecule has 1 saturated carbocycles. The van der Waals surface area contributed by atoms with Crippen molar-refractivity contribution in [2.45, 2.75) is 44.1 Å². The highest BCUT2D eigenvalue weighted by atomic mass is 19.1. The van der Waals surface area contributed by atoms with E-state index in [0.717, 1.165) is 35.5 Å². The lowest BCUT2D eigenvalue weighted by Gasteiger charge is -2.26. The molecule has 5 heteroatoms. The van der Waals surface area contributed by atoms with Crippen LogP contribution in [0.2, 0.25) is 0 Å². The van der Waals surface area contributed by atoms with Crippen LogP contribution in [0.4, 0.5) is 4.39 Å². The van der Waals surface area contributed by atoms with Crippen LogP contribution in [0.15, 0.2) is 48.0 Å². The van der Waals surface area contributed by atoms with E-state index in [0.29, 0.717) is 18.5 Å². The van der Waals surface area contributed by atoms with Gasteiger partial charge in [-0.1, -0.05) is 18.2 Å². The third-order valence-electron chi connectivity index (χ3n) is 5.73. The maximum absolute atomic E-state index is 13.1. The molecule has 2 aliphatic rings. The molecule has 1 N–H and O–H groups in total. The molecule has 4 rings (SSSR count). The van der Waals surface area contributed by atoms with Crippen molar-refractivity contribution >= 4 is 12.0 Å². The number of rotatable bonds is 5. The molecule has 4 nitrogen and oxygen atoms in total. The number of methoxy groups -OCH3 is 1. The lowest BCUT2D eigenvalue weighted by molar-refractivity contribution is -0.118. The first-order chi connectivity index (χ1) is 14.1. The van der Waals surface area contributed by atoms with Gasteiger partial charge >= 0.3 is 0 Å². The molecule has 1 amide bonds. The number of ether oxygens (including phenoxy) is 2. The van der Waals surface area contributed by atoms with Gasteiger partial charge in [-0.15, -0.1) is 0 Å². The Morgan fingerprint density at radius 3 is 2.55 bits per heavy atom. The van der Waals surface area contributed by atoms with E-state index in [9.17, 15) is 9.18 Å². The Hall–Kier alpha value is -2.82. The van der Waals surface area contributed by atoms with E-state index in [2.05, 4.69) is 11.4 Å². The Bertz CT molecular complexity index is 901. The average molecular weight is 395 g/mol. The molecule has 152 valence electrons. The smallest absolute Gasteiger partial charge is 0.247 e.